The number of ether oxygens (including phenoxy) is 1. The second-order valence-corrected chi connectivity index (χ2v) is 10.9. The Hall–Kier alpha value is -2.43. The van der Waals surface area contributed by atoms with Crippen LogP contribution in [0.5, 0.6) is 5.75 Å². The minimum Gasteiger partial charge on any atom is -0.406 e. The molecule has 3 N–H and O–H groups in total. The summed E-state index contributed by atoms with van der Waals surface area (Å²) in [6.07, 6.45) is 2.83. The number of hydrogen-bond donors (Lipinski definition) is 3. The molecule has 2 aromatic rings. The van der Waals surface area contributed by atoms with E-state index in [0.717, 1.165) is 75.4 Å². The molecule has 0 amide bonds. The fraction of sp³-hybridized carbons (Fsp3) is 0.484. The molecule has 3 rings (SSSR count). The van der Waals surface area contributed by atoms with Gasteiger partial charge < -0.3 is 25.4 Å². The lowest BCUT2D eigenvalue weighted by Crippen LogP contribution is -2.45. The van der Waals surface area contributed by atoms with Gasteiger partial charge in [0, 0.05) is 72.8 Å². The Morgan fingerprint density at radius 1 is 0.976 bits per heavy atom. The number of aliphatic hydroxyl groups is 1. The molecule has 42 heavy (non-hydrogen) atoms. The van der Waals surface area contributed by atoms with Gasteiger partial charge in [0.2, 0.25) is 0 Å². The van der Waals surface area contributed by atoms with E-state index in [0.29, 0.717) is 29.6 Å². The van der Waals surface area contributed by atoms with E-state index in [9.17, 15) is 13.2 Å². The molecule has 1 aliphatic heterocycles. The van der Waals surface area contributed by atoms with Gasteiger partial charge in [-0.3, -0.25) is 4.90 Å². The zero-order chi connectivity index (χ0) is 30.4. The third-order valence-electron chi connectivity index (χ3n) is 7.08. The van der Waals surface area contributed by atoms with Crippen LogP contribution in [0.3, 0.4) is 0 Å². The van der Waals surface area contributed by atoms with Gasteiger partial charge in [0.25, 0.3) is 0 Å². The van der Waals surface area contributed by atoms with E-state index in [2.05, 4.69) is 44.2 Å². The summed E-state index contributed by atoms with van der Waals surface area (Å²) in [6.45, 7) is 8.58. The number of allylic oxidation sites excluding steroid dienone is 4. The van der Waals surface area contributed by atoms with E-state index in [-0.39, 0.29) is 12.4 Å². The Bertz CT molecular complexity index is 1130. The summed E-state index contributed by atoms with van der Waals surface area (Å²) in [6, 6.07) is 11.7. The fourth-order valence-electron chi connectivity index (χ4n) is 4.74. The van der Waals surface area contributed by atoms with Crippen molar-refractivity contribution in [3.8, 4) is 5.75 Å². The molecule has 1 aliphatic rings. The lowest BCUT2D eigenvalue weighted by molar-refractivity contribution is -0.274. The smallest absolute Gasteiger partial charge is 0.406 e. The highest BCUT2D eigenvalue weighted by Crippen LogP contribution is 2.27. The summed E-state index contributed by atoms with van der Waals surface area (Å²) >= 11 is 12.8. The molecule has 2 aromatic carbocycles. The number of nitrogens with zero attached hydrogens (tertiary/aromatic N) is 2. The van der Waals surface area contributed by atoms with Crippen LogP contribution in [0.2, 0.25) is 10.0 Å². The van der Waals surface area contributed by atoms with Crippen molar-refractivity contribution in [3.63, 3.8) is 0 Å². The minimum atomic E-state index is -4.70. The van der Waals surface area contributed by atoms with Gasteiger partial charge in [0.15, 0.2) is 0 Å². The fourth-order valence-corrected chi connectivity index (χ4v) is 5.26. The molecule has 0 spiro atoms. The number of benzene rings is 2. The third-order valence-corrected chi connectivity index (χ3v) is 7.79. The summed E-state index contributed by atoms with van der Waals surface area (Å²) in [5.41, 5.74) is 4.19. The van der Waals surface area contributed by atoms with Crippen molar-refractivity contribution in [1.82, 2.24) is 20.4 Å². The average molecular weight is 630 g/mol. The van der Waals surface area contributed by atoms with Crippen LogP contribution in [0.15, 0.2) is 66.0 Å². The molecule has 0 aromatic heterocycles. The summed E-state index contributed by atoms with van der Waals surface area (Å²) in [4.78, 5) is 4.73. The van der Waals surface area contributed by atoms with Crippen molar-refractivity contribution in [3.05, 3.63) is 87.2 Å². The maximum Gasteiger partial charge on any atom is 0.573 e. The number of aliphatic hydroxyl groups excluding tert-OH is 1. The van der Waals surface area contributed by atoms with Crippen LogP contribution >= 0.6 is 23.2 Å². The van der Waals surface area contributed by atoms with Gasteiger partial charge in [-0.25, -0.2) is 0 Å². The van der Waals surface area contributed by atoms with Crippen LogP contribution in [0, 0.1) is 0 Å². The van der Waals surface area contributed by atoms with Crippen molar-refractivity contribution in [1.29, 1.82) is 0 Å². The number of aryl methyl sites for hydroxylation is 1. The lowest BCUT2D eigenvalue weighted by Gasteiger charge is -2.37. The first-order valence-electron chi connectivity index (χ1n) is 14.4. The zero-order valence-corrected chi connectivity index (χ0v) is 25.5. The van der Waals surface area contributed by atoms with Crippen LogP contribution in [0.25, 0.3) is 0 Å². The second kappa shape index (κ2) is 17.6. The highest BCUT2D eigenvalue weighted by molar-refractivity contribution is 6.35. The number of piperazine rings is 1. The topological polar surface area (TPSA) is 60.0 Å². The minimum absolute atomic E-state index is 0.134. The Morgan fingerprint density at radius 3 is 2.29 bits per heavy atom. The lowest BCUT2D eigenvalue weighted by atomic mass is 10.1. The summed E-state index contributed by atoms with van der Waals surface area (Å²) in [5, 5.41) is 16.9. The quantitative estimate of drug-likeness (QED) is 0.148. The van der Waals surface area contributed by atoms with Crippen molar-refractivity contribution < 1.29 is 23.0 Å². The first-order valence-corrected chi connectivity index (χ1v) is 15.1. The SMILES string of the molecule is CC/C(=C\C=C(/CCc1ccc(OC(F)(F)F)cc1)N1CCN(Cc2c(Cl)cccc2Cl)CC1)NCCCNCCO. The molecule has 0 radical (unpaired) electrons. The zero-order valence-electron chi connectivity index (χ0n) is 24.0. The number of nitrogens with one attached hydrogen (secondary N) is 2. The van der Waals surface area contributed by atoms with Gasteiger partial charge in [-0.05, 0) is 74.2 Å². The molecule has 1 fully saturated rings. The number of alkyl halides is 3. The molecule has 0 saturated carbocycles. The van der Waals surface area contributed by atoms with Crippen LogP contribution in [-0.2, 0) is 13.0 Å². The predicted octanol–water partition coefficient (Wildman–Crippen LogP) is 6.38. The van der Waals surface area contributed by atoms with Gasteiger partial charge in [0.1, 0.15) is 5.75 Å². The highest BCUT2D eigenvalue weighted by atomic mass is 35.5. The van der Waals surface area contributed by atoms with E-state index in [4.69, 9.17) is 28.3 Å². The van der Waals surface area contributed by atoms with E-state index < -0.39 is 6.36 Å². The Labute approximate surface area is 257 Å². The van der Waals surface area contributed by atoms with Crippen molar-refractivity contribution in [2.24, 2.45) is 0 Å². The van der Waals surface area contributed by atoms with Gasteiger partial charge in [-0.2, -0.15) is 0 Å². The van der Waals surface area contributed by atoms with Crippen molar-refractivity contribution >= 4 is 23.2 Å². The summed E-state index contributed by atoms with van der Waals surface area (Å²) in [7, 11) is 0. The molecule has 0 bridgehead atoms. The first kappa shape index (κ1) is 34.1. The number of halogens is 5. The molecular weight excluding hydrogens is 588 g/mol. The molecule has 6 nitrogen and oxygen atoms in total. The normalized spacial score (nSPS) is 15.3. The summed E-state index contributed by atoms with van der Waals surface area (Å²) in [5.74, 6) is -0.218. The van der Waals surface area contributed by atoms with E-state index in [1.54, 1.807) is 12.1 Å². The van der Waals surface area contributed by atoms with Crippen LogP contribution < -0.4 is 15.4 Å². The van der Waals surface area contributed by atoms with E-state index in [1.807, 2.05) is 18.2 Å². The van der Waals surface area contributed by atoms with Gasteiger partial charge in [-0.1, -0.05) is 48.3 Å². The maximum atomic E-state index is 12.5. The van der Waals surface area contributed by atoms with E-state index >= 15 is 0 Å². The number of rotatable bonds is 16. The molecule has 0 unspecified atom stereocenters. The Morgan fingerprint density at radius 2 is 1.67 bits per heavy atom. The monoisotopic (exact) mass is 628 g/mol. The molecule has 232 valence electrons. The largest absolute Gasteiger partial charge is 0.573 e. The predicted molar refractivity (Wildman–Crippen MR) is 164 cm³/mol. The van der Waals surface area contributed by atoms with Gasteiger partial charge >= 0.3 is 6.36 Å². The van der Waals surface area contributed by atoms with Crippen LogP contribution in [-0.4, -0.2) is 73.7 Å². The molecular formula is C31H41Cl2F3N4O2. The Kier molecular flexibility index (Phi) is 14.3. The molecule has 0 atom stereocenters. The second-order valence-electron chi connectivity index (χ2n) is 10.1. The average Bonchev–Trinajstić information content (AvgIpc) is 2.96. The highest BCUT2D eigenvalue weighted by Gasteiger charge is 2.31. The Balaban J connectivity index is 1.65. The molecule has 0 aliphatic carbocycles. The van der Waals surface area contributed by atoms with Crippen LogP contribution in [0.4, 0.5) is 13.2 Å². The maximum absolute atomic E-state index is 12.5. The first-order chi connectivity index (χ1) is 20.2. The van der Waals surface area contributed by atoms with Gasteiger partial charge in [-0.15, -0.1) is 13.2 Å². The molecule has 11 heteroatoms. The van der Waals surface area contributed by atoms with E-state index in [1.165, 1.54) is 17.8 Å². The standard InChI is InChI=1S/C31H41Cl2F3N4O2/c1-2-25(38-16-4-15-37-17-22-41)10-12-26(11-7-24-8-13-27(14-9-24)42-31(34,35)36)40-20-18-39(19-21-40)23-28-29(32)5-3-6-30(28)33/h3,5-6,8-10,12-14,37-38,41H,2,4,7,11,15-23H2,1H3/b25-10+,26-12+. The van der Waals surface area contributed by atoms with Crippen molar-refractivity contribution in [2.75, 3.05) is 52.4 Å². The number of hydrogen-bond acceptors (Lipinski definition) is 6. The molecule has 1 saturated heterocycles. The summed E-state index contributed by atoms with van der Waals surface area (Å²) < 4.78 is 41.6. The third kappa shape index (κ3) is 12.1. The molecule has 1 heterocycles. The van der Waals surface area contributed by atoms with Crippen LogP contribution in [0.1, 0.15) is 37.3 Å². The van der Waals surface area contributed by atoms with Gasteiger partial charge in [0.05, 0.1) is 6.61 Å². The van der Waals surface area contributed by atoms with Crippen molar-refractivity contribution in [2.45, 2.75) is 45.5 Å².